The van der Waals surface area contributed by atoms with E-state index in [1.54, 1.807) is 18.2 Å². The fourth-order valence-corrected chi connectivity index (χ4v) is 2.58. The van der Waals surface area contributed by atoms with Crippen LogP contribution in [0.15, 0.2) is 54.7 Å². The number of nitrogens with one attached hydrogen (secondary N) is 4. The van der Waals surface area contributed by atoms with E-state index in [4.69, 9.17) is 15.6 Å². The minimum absolute atomic E-state index is 0.00623. The van der Waals surface area contributed by atoms with Crippen LogP contribution in [0.1, 0.15) is 16.1 Å². The zero-order valence-electron chi connectivity index (χ0n) is 18.5. The molecule has 0 spiro atoms. The van der Waals surface area contributed by atoms with Gasteiger partial charge in [0.2, 0.25) is 0 Å². The molecule has 0 fully saturated rings. The predicted molar refractivity (Wildman–Crippen MR) is 120 cm³/mol. The van der Waals surface area contributed by atoms with Crippen LogP contribution in [-0.2, 0) is 11.3 Å². The molecule has 0 saturated heterocycles. The number of nitrogens with two attached hydrogens (primary N) is 1. The van der Waals surface area contributed by atoms with Gasteiger partial charge in [0.25, 0.3) is 5.91 Å². The number of H-pyrrole nitrogens is 1. The Labute approximate surface area is 204 Å². The van der Waals surface area contributed by atoms with E-state index in [9.17, 15) is 31.5 Å². The van der Waals surface area contributed by atoms with Gasteiger partial charge in [-0.05, 0) is 42.0 Å². The molecule has 11 nitrogen and oxygen atoms in total. The number of carboxylic acid groups (broad SMARTS) is 1. The Kier molecular flexibility index (Phi) is 9.74. The number of anilines is 3. The number of hydrogen-bond acceptors (Lipinski definition) is 6. The largest absolute Gasteiger partial charge is 0.490 e. The second kappa shape index (κ2) is 12.7. The van der Waals surface area contributed by atoms with Crippen LogP contribution < -0.4 is 26.4 Å². The number of amides is 3. The highest BCUT2D eigenvalue weighted by molar-refractivity contribution is 5.99. The summed E-state index contributed by atoms with van der Waals surface area (Å²) >= 11 is 0. The molecule has 0 saturated carbocycles. The van der Waals surface area contributed by atoms with Crippen molar-refractivity contribution < 1.29 is 46.2 Å². The highest BCUT2D eigenvalue weighted by Gasteiger charge is 2.38. The Hall–Kier alpha value is -4.89. The number of carboxylic acids is 1. The molecule has 198 valence electrons. The molecule has 0 unspecified atom stereocenters. The molecule has 0 aliphatic rings. The summed E-state index contributed by atoms with van der Waals surface area (Å²) in [5.74, 6) is -3.42. The average Bonchev–Trinajstić information content (AvgIpc) is 3.28. The quantitative estimate of drug-likeness (QED) is 0.239. The van der Waals surface area contributed by atoms with Crippen LogP contribution in [0.25, 0.3) is 0 Å². The van der Waals surface area contributed by atoms with Crippen molar-refractivity contribution in [3.05, 3.63) is 66.0 Å². The normalized spacial score (nSPS) is 10.6. The first-order valence-corrected chi connectivity index (χ1v) is 9.94. The standard InChI is InChI=1S/C19H18F2N6O3.C2HF3O2/c20-18(21)30-14-6-4-12(5-7-14)25-19(29)26-13-3-1-2-11(8-13)9-23-15-10-24-27-16(15)17(22)28;3-2(4,5)1(6)7/h1-8,10,18,23H,9H2,(H2,22,28)(H,24,27)(H2,25,26,29);(H,6,7). The van der Waals surface area contributed by atoms with Gasteiger partial charge < -0.3 is 31.5 Å². The van der Waals surface area contributed by atoms with Crippen molar-refractivity contribution in [2.24, 2.45) is 5.73 Å². The van der Waals surface area contributed by atoms with Crippen molar-refractivity contribution in [3.63, 3.8) is 0 Å². The van der Waals surface area contributed by atoms with Gasteiger partial charge in [-0.1, -0.05) is 12.1 Å². The molecule has 7 N–H and O–H groups in total. The van der Waals surface area contributed by atoms with E-state index < -0.39 is 30.7 Å². The highest BCUT2D eigenvalue weighted by atomic mass is 19.4. The fraction of sp³-hybridized carbons (Fsp3) is 0.143. The van der Waals surface area contributed by atoms with Crippen molar-refractivity contribution in [2.75, 3.05) is 16.0 Å². The van der Waals surface area contributed by atoms with Crippen LogP contribution in [-0.4, -0.2) is 46.0 Å². The molecule has 1 heterocycles. The van der Waals surface area contributed by atoms with E-state index in [1.807, 2.05) is 6.07 Å². The van der Waals surface area contributed by atoms with Crippen LogP contribution in [0.4, 0.5) is 43.8 Å². The summed E-state index contributed by atoms with van der Waals surface area (Å²) < 4.78 is 60.3. The molecule has 0 bridgehead atoms. The molecule has 37 heavy (non-hydrogen) atoms. The number of alkyl halides is 5. The number of urea groups is 1. The number of benzene rings is 2. The summed E-state index contributed by atoms with van der Waals surface area (Å²) in [6.07, 6.45) is -3.56. The zero-order chi connectivity index (χ0) is 27.6. The lowest BCUT2D eigenvalue weighted by Crippen LogP contribution is -2.21. The fourth-order valence-electron chi connectivity index (χ4n) is 2.58. The number of nitrogens with zero attached hydrogens (tertiary/aromatic N) is 1. The van der Waals surface area contributed by atoms with Gasteiger partial charge in [0.05, 0.1) is 5.69 Å². The Balaban J connectivity index is 0.000000604. The lowest BCUT2D eigenvalue weighted by atomic mass is 10.2. The third-order valence-electron chi connectivity index (χ3n) is 4.12. The predicted octanol–water partition coefficient (Wildman–Crippen LogP) is 4.00. The minimum atomic E-state index is -5.08. The Morgan fingerprint density at radius 2 is 1.68 bits per heavy atom. The lowest BCUT2D eigenvalue weighted by Gasteiger charge is -2.11. The molecular weight excluding hydrogens is 511 g/mol. The molecule has 0 aliphatic carbocycles. The summed E-state index contributed by atoms with van der Waals surface area (Å²) in [6, 6.07) is 12.1. The number of primary amides is 1. The molecule has 0 atom stereocenters. The molecule has 3 aromatic rings. The van der Waals surface area contributed by atoms with E-state index in [0.717, 1.165) is 5.56 Å². The summed E-state index contributed by atoms with van der Waals surface area (Å²) in [5.41, 5.74) is 7.59. The van der Waals surface area contributed by atoms with E-state index in [-0.39, 0.29) is 11.4 Å². The Morgan fingerprint density at radius 1 is 1.05 bits per heavy atom. The first-order chi connectivity index (χ1) is 17.3. The number of halogens is 5. The maximum atomic E-state index is 12.2. The van der Waals surface area contributed by atoms with Gasteiger partial charge in [-0.25, -0.2) is 9.59 Å². The molecule has 0 radical (unpaired) electrons. The van der Waals surface area contributed by atoms with Crippen LogP contribution >= 0.6 is 0 Å². The van der Waals surface area contributed by atoms with Crippen molar-refractivity contribution >= 4 is 35.0 Å². The van der Waals surface area contributed by atoms with Gasteiger partial charge in [-0.3, -0.25) is 9.89 Å². The first-order valence-electron chi connectivity index (χ1n) is 9.94. The third-order valence-corrected chi connectivity index (χ3v) is 4.12. The van der Waals surface area contributed by atoms with E-state index in [1.165, 1.54) is 30.5 Å². The molecule has 2 aromatic carbocycles. The van der Waals surface area contributed by atoms with Gasteiger partial charge in [-0.2, -0.15) is 27.1 Å². The second-order valence-electron chi connectivity index (χ2n) is 6.85. The number of aromatic nitrogens is 2. The van der Waals surface area contributed by atoms with Crippen LogP contribution in [0, 0.1) is 0 Å². The summed E-state index contributed by atoms with van der Waals surface area (Å²) in [6.45, 7) is -2.55. The van der Waals surface area contributed by atoms with Crippen LogP contribution in [0.2, 0.25) is 0 Å². The number of hydrogen-bond donors (Lipinski definition) is 6. The van der Waals surface area contributed by atoms with Crippen molar-refractivity contribution in [1.29, 1.82) is 0 Å². The van der Waals surface area contributed by atoms with Gasteiger partial charge in [0, 0.05) is 24.1 Å². The van der Waals surface area contributed by atoms with Crippen molar-refractivity contribution in [2.45, 2.75) is 19.3 Å². The van der Waals surface area contributed by atoms with Gasteiger partial charge in [0.15, 0.2) is 5.69 Å². The van der Waals surface area contributed by atoms with Gasteiger partial charge in [0.1, 0.15) is 5.75 Å². The number of rotatable bonds is 8. The summed E-state index contributed by atoms with van der Waals surface area (Å²) in [5, 5.41) is 21.8. The van der Waals surface area contributed by atoms with E-state index in [2.05, 4.69) is 30.9 Å². The second-order valence-corrected chi connectivity index (χ2v) is 6.85. The minimum Gasteiger partial charge on any atom is -0.475 e. The topological polar surface area (TPSA) is 171 Å². The molecule has 0 aliphatic heterocycles. The highest BCUT2D eigenvalue weighted by Crippen LogP contribution is 2.19. The number of carbonyl (C=O) groups is 3. The molecule has 16 heteroatoms. The number of aromatic amines is 1. The Morgan fingerprint density at radius 3 is 2.24 bits per heavy atom. The number of aliphatic carboxylic acids is 1. The Bertz CT molecular complexity index is 1220. The number of ether oxygens (including phenoxy) is 1. The number of carbonyl (C=O) groups excluding carboxylic acids is 2. The SMILES string of the molecule is NC(=O)c1n[nH]cc1NCc1cccc(NC(=O)Nc2ccc(OC(F)F)cc2)c1.O=C(O)C(F)(F)F. The molecule has 3 rings (SSSR count). The zero-order valence-corrected chi connectivity index (χ0v) is 18.5. The summed E-state index contributed by atoms with van der Waals surface area (Å²) in [7, 11) is 0. The van der Waals surface area contributed by atoms with Crippen molar-refractivity contribution in [1.82, 2.24) is 10.2 Å². The van der Waals surface area contributed by atoms with Gasteiger partial charge in [-0.15, -0.1) is 0 Å². The van der Waals surface area contributed by atoms with Crippen molar-refractivity contribution in [3.8, 4) is 5.75 Å². The van der Waals surface area contributed by atoms with Crippen LogP contribution in [0.3, 0.4) is 0 Å². The maximum absolute atomic E-state index is 12.2. The summed E-state index contributed by atoms with van der Waals surface area (Å²) in [4.78, 5) is 32.4. The average molecular weight is 530 g/mol. The van der Waals surface area contributed by atoms with Gasteiger partial charge >= 0.3 is 24.8 Å². The maximum Gasteiger partial charge on any atom is 0.490 e. The van der Waals surface area contributed by atoms with Crippen LogP contribution in [0.5, 0.6) is 5.75 Å². The third kappa shape index (κ3) is 9.71. The molecular formula is C21H19F5N6O5. The monoisotopic (exact) mass is 530 g/mol. The first kappa shape index (κ1) is 28.3. The smallest absolute Gasteiger partial charge is 0.475 e. The van der Waals surface area contributed by atoms with E-state index >= 15 is 0 Å². The molecule has 1 aromatic heterocycles. The van der Waals surface area contributed by atoms with E-state index in [0.29, 0.717) is 23.6 Å². The lowest BCUT2D eigenvalue weighted by molar-refractivity contribution is -0.192. The molecule has 3 amide bonds.